The monoisotopic (exact) mass is 881 g/mol. The van der Waals surface area contributed by atoms with Crippen molar-refractivity contribution < 1.29 is 0 Å². The van der Waals surface area contributed by atoms with Gasteiger partial charge in [0, 0.05) is 27.6 Å². The normalized spacial score (nSPS) is 13.7. The summed E-state index contributed by atoms with van der Waals surface area (Å²) in [6.07, 6.45) is 0. The molecular weight excluding hydrogens is 831 g/mol. The fraction of sp³-hybridized carbons (Fsp3) is 0.0882. The van der Waals surface area contributed by atoms with Gasteiger partial charge in [0.1, 0.15) is 0 Å². The Kier molecular flexibility index (Phi) is 9.30. The first-order valence-corrected chi connectivity index (χ1v) is 24.3. The number of anilines is 3. The molecule has 0 amide bonds. The molecule has 0 aliphatic heterocycles. The lowest BCUT2D eigenvalue weighted by atomic mass is 9.81. The van der Waals surface area contributed by atoms with Crippen molar-refractivity contribution in [2.75, 3.05) is 4.90 Å². The van der Waals surface area contributed by atoms with Gasteiger partial charge >= 0.3 is 0 Å². The second kappa shape index (κ2) is 15.7. The van der Waals surface area contributed by atoms with Crippen molar-refractivity contribution in [2.45, 2.75) is 38.5 Å². The second-order valence-electron chi connectivity index (χ2n) is 20.0. The Morgan fingerprint density at radius 1 is 0.261 bits per heavy atom. The van der Waals surface area contributed by atoms with Gasteiger partial charge in [0.15, 0.2) is 0 Å². The minimum Gasteiger partial charge on any atom is -0.309 e. The largest absolute Gasteiger partial charge is 0.309 e. The van der Waals surface area contributed by atoms with E-state index in [1.54, 1.807) is 0 Å². The fourth-order valence-corrected chi connectivity index (χ4v) is 12.2. The van der Waals surface area contributed by atoms with Crippen LogP contribution in [0, 0.1) is 0 Å². The zero-order valence-electron chi connectivity index (χ0n) is 39.5. The third kappa shape index (κ3) is 6.23. The van der Waals surface area contributed by atoms with E-state index in [9.17, 15) is 0 Å². The molecule has 0 atom stereocenters. The molecule has 11 aromatic carbocycles. The van der Waals surface area contributed by atoms with Gasteiger partial charge in [0.2, 0.25) is 0 Å². The summed E-state index contributed by atoms with van der Waals surface area (Å²) in [6.45, 7) is 9.49. The van der Waals surface area contributed by atoms with Crippen LogP contribution in [-0.2, 0) is 10.8 Å². The van der Waals surface area contributed by atoms with E-state index in [-0.39, 0.29) is 10.8 Å². The van der Waals surface area contributed by atoms with Gasteiger partial charge in [-0.3, -0.25) is 0 Å². The quantitative estimate of drug-likeness (QED) is 0.144. The molecule has 0 N–H and O–H groups in total. The van der Waals surface area contributed by atoms with Crippen LogP contribution in [0.2, 0.25) is 0 Å². The van der Waals surface area contributed by atoms with Crippen LogP contribution in [0.15, 0.2) is 237 Å². The number of para-hydroxylation sites is 2. The summed E-state index contributed by atoms with van der Waals surface area (Å²) in [5, 5.41) is 5.03. The van der Waals surface area contributed by atoms with Crippen molar-refractivity contribution in [3.63, 3.8) is 0 Å². The van der Waals surface area contributed by atoms with Crippen LogP contribution >= 0.6 is 0 Å². The van der Waals surface area contributed by atoms with Crippen LogP contribution in [0.5, 0.6) is 0 Å². The lowest BCUT2D eigenvalue weighted by Crippen LogP contribution is -2.15. The van der Waals surface area contributed by atoms with Gasteiger partial charge in [-0.2, -0.15) is 0 Å². The van der Waals surface area contributed by atoms with Crippen LogP contribution in [0.4, 0.5) is 17.1 Å². The molecule has 0 bridgehead atoms. The van der Waals surface area contributed by atoms with Crippen molar-refractivity contribution in [1.82, 2.24) is 0 Å². The molecule has 0 saturated heterocycles. The molecule has 13 rings (SSSR count). The van der Waals surface area contributed by atoms with Gasteiger partial charge in [0.05, 0.1) is 11.4 Å². The molecular formula is C68H51N. The number of hydrogen-bond acceptors (Lipinski definition) is 1. The number of hydrogen-bond donors (Lipinski definition) is 0. The number of rotatable bonds is 7. The molecule has 0 radical (unpaired) electrons. The zero-order chi connectivity index (χ0) is 46.4. The highest BCUT2D eigenvalue weighted by Crippen LogP contribution is 2.55. The van der Waals surface area contributed by atoms with E-state index in [1.165, 1.54) is 111 Å². The maximum atomic E-state index is 2.52. The zero-order valence-corrected chi connectivity index (χ0v) is 39.5. The molecule has 0 aromatic heterocycles. The smallest absolute Gasteiger partial charge is 0.0540 e. The van der Waals surface area contributed by atoms with Crippen LogP contribution in [-0.4, -0.2) is 0 Å². The predicted molar refractivity (Wildman–Crippen MR) is 293 cm³/mol. The Morgan fingerprint density at radius 3 is 1.36 bits per heavy atom. The Balaban J connectivity index is 1.04. The number of fused-ring (bicyclic) bond motifs is 9. The molecule has 1 nitrogen and oxygen atoms in total. The molecule has 1 heteroatoms. The molecule has 0 spiro atoms. The van der Waals surface area contributed by atoms with E-state index >= 15 is 0 Å². The predicted octanol–water partition coefficient (Wildman–Crippen LogP) is 18.7. The first-order chi connectivity index (χ1) is 33.8. The first-order valence-electron chi connectivity index (χ1n) is 24.3. The van der Waals surface area contributed by atoms with Crippen molar-refractivity contribution in [3.05, 3.63) is 259 Å². The summed E-state index contributed by atoms with van der Waals surface area (Å²) >= 11 is 0. The van der Waals surface area contributed by atoms with Crippen molar-refractivity contribution in [1.29, 1.82) is 0 Å². The van der Waals surface area contributed by atoms with Gasteiger partial charge in [0.25, 0.3) is 0 Å². The van der Waals surface area contributed by atoms with E-state index in [4.69, 9.17) is 0 Å². The summed E-state index contributed by atoms with van der Waals surface area (Å²) in [5.41, 5.74) is 23.6. The van der Waals surface area contributed by atoms with Gasteiger partial charge in [-0.25, -0.2) is 0 Å². The maximum Gasteiger partial charge on any atom is 0.0540 e. The SMILES string of the molecule is CC1(C)c2ccccc2-c2ccc(-c3ccccc3N(c3ccc(-c4c(-c5ccccc5)c5ccccc5c5ccccc45)cc3)c3ccccc3-c3cccc4c3-c3ccccc3C4(C)C)cc21. The van der Waals surface area contributed by atoms with Crippen LogP contribution in [0.1, 0.15) is 49.9 Å². The third-order valence-corrected chi connectivity index (χ3v) is 15.5. The van der Waals surface area contributed by atoms with Crippen molar-refractivity contribution in [2.24, 2.45) is 0 Å². The molecule has 0 fully saturated rings. The highest BCUT2D eigenvalue weighted by Gasteiger charge is 2.38. The number of benzene rings is 11. The van der Waals surface area contributed by atoms with Crippen LogP contribution in [0.3, 0.4) is 0 Å². The molecule has 11 aromatic rings. The molecule has 69 heavy (non-hydrogen) atoms. The van der Waals surface area contributed by atoms with Gasteiger partial charge < -0.3 is 4.90 Å². The van der Waals surface area contributed by atoms with E-state index in [2.05, 4.69) is 269 Å². The van der Waals surface area contributed by atoms with E-state index in [1.807, 2.05) is 0 Å². The lowest BCUT2D eigenvalue weighted by molar-refractivity contribution is 0.660. The summed E-state index contributed by atoms with van der Waals surface area (Å²) in [5.74, 6) is 0. The van der Waals surface area contributed by atoms with E-state index in [0.29, 0.717) is 0 Å². The van der Waals surface area contributed by atoms with Crippen molar-refractivity contribution in [3.8, 4) is 66.8 Å². The molecule has 2 aliphatic rings. The summed E-state index contributed by atoms with van der Waals surface area (Å²) in [6, 6.07) is 88.2. The average Bonchev–Trinajstić information content (AvgIpc) is 3.78. The maximum absolute atomic E-state index is 2.52. The van der Waals surface area contributed by atoms with Gasteiger partial charge in [-0.15, -0.1) is 0 Å². The third-order valence-electron chi connectivity index (χ3n) is 15.5. The highest BCUT2D eigenvalue weighted by atomic mass is 15.1. The number of nitrogens with zero attached hydrogens (tertiary/aromatic N) is 1. The van der Waals surface area contributed by atoms with Gasteiger partial charge in [-0.05, 0) is 130 Å². The van der Waals surface area contributed by atoms with E-state index in [0.717, 1.165) is 17.1 Å². The van der Waals surface area contributed by atoms with E-state index < -0.39 is 0 Å². The Hall–Kier alpha value is -8.26. The highest BCUT2D eigenvalue weighted by molar-refractivity contribution is 6.21. The Labute approximate surface area is 405 Å². The minimum atomic E-state index is -0.123. The Morgan fingerprint density at radius 2 is 0.696 bits per heavy atom. The Bertz CT molecular complexity index is 3830. The van der Waals surface area contributed by atoms with Crippen LogP contribution in [0.25, 0.3) is 88.3 Å². The van der Waals surface area contributed by atoms with Crippen LogP contribution < -0.4 is 4.90 Å². The summed E-state index contributed by atoms with van der Waals surface area (Å²) < 4.78 is 0. The molecule has 0 heterocycles. The van der Waals surface area contributed by atoms with Gasteiger partial charge in [-0.1, -0.05) is 234 Å². The second-order valence-corrected chi connectivity index (χ2v) is 20.0. The minimum absolute atomic E-state index is 0.120. The average molecular weight is 882 g/mol. The van der Waals surface area contributed by atoms with Crippen molar-refractivity contribution >= 4 is 38.6 Å². The summed E-state index contributed by atoms with van der Waals surface area (Å²) in [4.78, 5) is 2.52. The standard InChI is InChI=1S/C68H51N/c1-67(2)59-33-17-13-30-57(59)66-56(31-20-34-60(66)67)53-27-15-19-36-63(53)69(62-35-18-14-23-48(62)46-39-42-52-51-26-12-16-32-58(51)68(3,4)61(52)43-46)47-40-37-45(38-41-47)65-55-29-11-9-25-50(55)49-24-8-10-28-54(49)64(65)44-21-6-5-7-22-44/h5-43H,1-4H3. The first kappa shape index (κ1) is 41.0. The molecule has 328 valence electrons. The fourth-order valence-electron chi connectivity index (χ4n) is 12.2. The molecule has 0 unspecified atom stereocenters. The topological polar surface area (TPSA) is 3.24 Å². The molecule has 0 saturated carbocycles. The lowest BCUT2D eigenvalue weighted by Gasteiger charge is -2.31. The molecule has 2 aliphatic carbocycles. The summed E-state index contributed by atoms with van der Waals surface area (Å²) in [7, 11) is 0.